The molecule has 2 fully saturated rings. The number of hydrogen-bond donors (Lipinski definition) is 2. The van der Waals surface area contributed by atoms with Gasteiger partial charge in [-0.25, -0.2) is 0 Å². The Morgan fingerprint density at radius 3 is 2.67 bits per heavy atom. The van der Waals surface area contributed by atoms with Crippen LogP contribution in [0.15, 0.2) is 0 Å². The van der Waals surface area contributed by atoms with Gasteiger partial charge in [-0.3, -0.25) is 4.79 Å². The number of amides is 1. The van der Waals surface area contributed by atoms with Crippen LogP contribution >= 0.6 is 0 Å². The monoisotopic (exact) mass is 212 g/mol. The van der Waals surface area contributed by atoms with Crippen molar-refractivity contribution in [2.75, 3.05) is 19.7 Å². The topological polar surface area (TPSA) is 50.4 Å². The van der Waals surface area contributed by atoms with Crippen LogP contribution in [0.1, 0.15) is 26.7 Å². The molecule has 86 valence electrons. The van der Waals surface area contributed by atoms with Crippen molar-refractivity contribution in [2.24, 2.45) is 5.92 Å². The van der Waals surface area contributed by atoms with E-state index in [-0.39, 0.29) is 24.2 Å². The molecule has 1 spiro atoms. The van der Waals surface area contributed by atoms with Gasteiger partial charge in [0.1, 0.15) is 6.61 Å². The number of carbonyl (C=O) groups excluding carboxylic acids is 1. The first kappa shape index (κ1) is 10.9. The first-order chi connectivity index (χ1) is 7.14. The van der Waals surface area contributed by atoms with Crippen LogP contribution in [-0.2, 0) is 9.53 Å². The van der Waals surface area contributed by atoms with Gasteiger partial charge in [-0.05, 0) is 31.8 Å². The van der Waals surface area contributed by atoms with Crippen molar-refractivity contribution >= 4 is 5.91 Å². The summed E-state index contributed by atoms with van der Waals surface area (Å²) in [5, 5.41) is 6.42. The van der Waals surface area contributed by atoms with Crippen LogP contribution in [0.5, 0.6) is 0 Å². The molecule has 1 atom stereocenters. The van der Waals surface area contributed by atoms with E-state index in [2.05, 4.69) is 24.5 Å². The molecule has 0 radical (unpaired) electrons. The minimum atomic E-state index is -0.118. The molecule has 0 saturated carbocycles. The van der Waals surface area contributed by atoms with Gasteiger partial charge in [0, 0.05) is 0 Å². The Hall–Kier alpha value is -0.610. The van der Waals surface area contributed by atoms with Gasteiger partial charge in [0.25, 0.3) is 0 Å². The summed E-state index contributed by atoms with van der Waals surface area (Å²) in [7, 11) is 0. The molecule has 2 N–H and O–H groups in total. The molecule has 0 aromatic carbocycles. The lowest BCUT2D eigenvalue weighted by molar-refractivity contribution is -0.160. The number of hydrogen-bond acceptors (Lipinski definition) is 3. The van der Waals surface area contributed by atoms with E-state index in [9.17, 15) is 4.79 Å². The molecule has 0 bridgehead atoms. The van der Waals surface area contributed by atoms with Crippen molar-refractivity contribution in [3.05, 3.63) is 0 Å². The second kappa shape index (κ2) is 4.10. The fourth-order valence-electron chi connectivity index (χ4n) is 2.73. The highest BCUT2D eigenvalue weighted by Gasteiger charge is 2.46. The lowest BCUT2D eigenvalue weighted by atomic mass is 9.78. The molecule has 2 heterocycles. The van der Waals surface area contributed by atoms with Crippen molar-refractivity contribution in [1.29, 1.82) is 0 Å². The van der Waals surface area contributed by atoms with Crippen molar-refractivity contribution in [1.82, 2.24) is 10.6 Å². The van der Waals surface area contributed by atoms with Crippen molar-refractivity contribution in [3.63, 3.8) is 0 Å². The zero-order valence-electron chi connectivity index (χ0n) is 9.51. The van der Waals surface area contributed by atoms with Crippen LogP contribution in [0, 0.1) is 5.92 Å². The highest BCUT2D eigenvalue weighted by Crippen LogP contribution is 2.33. The Balaban J connectivity index is 2.16. The third kappa shape index (κ3) is 2.01. The van der Waals surface area contributed by atoms with Gasteiger partial charge in [0.2, 0.25) is 5.91 Å². The second-order valence-electron chi connectivity index (χ2n) is 4.89. The average Bonchev–Trinajstić information content (AvgIpc) is 2.23. The fraction of sp³-hybridized carbons (Fsp3) is 0.909. The summed E-state index contributed by atoms with van der Waals surface area (Å²) in [4.78, 5) is 11.4. The van der Waals surface area contributed by atoms with E-state index in [1.165, 1.54) is 0 Å². The molecule has 2 aliphatic heterocycles. The van der Waals surface area contributed by atoms with E-state index in [0.717, 1.165) is 25.9 Å². The molecule has 2 aliphatic rings. The lowest BCUT2D eigenvalue weighted by Crippen LogP contribution is -2.65. The maximum Gasteiger partial charge on any atom is 0.246 e. The Labute approximate surface area is 90.8 Å². The first-order valence-electron chi connectivity index (χ1n) is 5.78. The standard InChI is InChI=1S/C11H20N2O2/c1-8(2)10-11(3-5-12-6-4-11)15-7-9(14)13-10/h8,10,12H,3-7H2,1-2H3,(H,13,14). The molecule has 0 aromatic rings. The zero-order valence-corrected chi connectivity index (χ0v) is 9.51. The highest BCUT2D eigenvalue weighted by molar-refractivity contribution is 5.78. The summed E-state index contributed by atoms with van der Waals surface area (Å²) in [6.07, 6.45) is 1.99. The number of nitrogens with one attached hydrogen (secondary N) is 2. The molecule has 0 aliphatic carbocycles. The summed E-state index contributed by atoms with van der Waals surface area (Å²) < 4.78 is 5.84. The smallest absolute Gasteiger partial charge is 0.246 e. The van der Waals surface area contributed by atoms with Crippen LogP contribution < -0.4 is 10.6 Å². The fourth-order valence-corrected chi connectivity index (χ4v) is 2.73. The zero-order chi connectivity index (χ0) is 10.9. The molecule has 0 aromatic heterocycles. The lowest BCUT2D eigenvalue weighted by Gasteiger charge is -2.48. The third-order valence-corrected chi connectivity index (χ3v) is 3.49. The first-order valence-corrected chi connectivity index (χ1v) is 5.78. The second-order valence-corrected chi connectivity index (χ2v) is 4.89. The minimum Gasteiger partial charge on any atom is -0.363 e. The largest absolute Gasteiger partial charge is 0.363 e. The average molecular weight is 212 g/mol. The predicted octanol–water partition coefficient (Wildman–Crippen LogP) is 0.280. The number of carbonyl (C=O) groups is 1. The molecule has 4 nitrogen and oxygen atoms in total. The van der Waals surface area contributed by atoms with Crippen molar-refractivity contribution in [2.45, 2.75) is 38.3 Å². The molecule has 2 saturated heterocycles. The summed E-state index contributed by atoms with van der Waals surface area (Å²) in [6.45, 7) is 6.48. The Morgan fingerprint density at radius 1 is 1.40 bits per heavy atom. The van der Waals surface area contributed by atoms with E-state index < -0.39 is 0 Å². The quantitative estimate of drug-likeness (QED) is 0.656. The maximum absolute atomic E-state index is 11.4. The van der Waals surface area contributed by atoms with Crippen LogP contribution in [0.4, 0.5) is 0 Å². The summed E-state index contributed by atoms with van der Waals surface area (Å²) in [6, 6.07) is 0.167. The van der Waals surface area contributed by atoms with Gasteiger partial charge in [-0.1, -0.05) is 13.8 Å². The SMILES string of the molecule is CC(C)C1NC(=O)COC12CCNCC2. The summed E-state index contributed by atoms with van der Waals surface area (Å²) in [5.41, 5.74) is -0.118. The summed E-state index contributed by atoms with van der Waals surface area (Å²) >= 11 is 0. The van der Waals surface area contributed by atoms with Crippen molar-refractivity contribution in [3.8, 4) is 0 Å². The van der Waals surface area contributed by atoms with Crippen LogP contribution in [0.3, 0.4) is 0 Å². The van der Waals surface area contributed by atoms with E-state index in [1.807, 2.05) is 0 Å². The van der Waals surface area contributed by atoms with Gasteiger partial charge < -0.3 is 15.4 Å². The Morgan fingerprint density at radius 2 is 2.07 bits per heavy atom. The highest BCUT2D eigenvalue weighted by atomic mass is 16.5. The molecule has 2 rings (SSSR count). The van der Waals surface area contributed by atoms with Crippen molar-refractivity contribution < 1.29 is 9.53 Å². The van der Waals surface area contributed by atoms with Gasteiger partial charge in [0.05, 0.1) is 11.6 Å². The third-order valence-electron chi connectivity index (χ3n) is 3.49. The van der Waals surface area contributed by atoms with E-state index in [1.54, 1.807) is 0 Å². The molecule has 1 unspecified atom stereocenters. The summed E-state index contributed by atoms with van der Waals surface area (Å²) in [5.74, 6) is 0.449. The molecule has 1 amide bonds. The van der Waals surface area contributed by atoms with Crippen LogP contribution in [0.25, 0.3) is 0 Å². The van der Waals surface area contributed by atoms with Crippen LogP contribution in [0.2, 0.25) is 0 Å². The van der Waals surface area contributed by atoms with E-state index >= 15 is 0 Å². The van der Waals surface area contributed by atoms with Gasteiger partial charge in [-0.2, -0.15) is 0 Å². The van der Waals surface area contributed by atoms with E-state index in [4.69, 9.17) is 4.74 Å². The number of piperidine rings is 1. The molecular formula is C11H20N2O2. The minimum absolute atomic E-state index is 0.0258. The number of ether oxygens (including phenoxy) is 1. The maximum atomic E-state index is 11.4. The van der Waals surface area contributed by atoms with Gasteiger partial charge in [0.15, 0.2) is 0 Å². The predicted molar refractivity (Wildman–Crippen MR) is 57.6 cm³/mol. The van der Waals surface area contributed by atoms with Gasteiger partial charge >= 0.3 is 0 Å². The number of morpholine rings is 1. The van der Waals surface area contributed by atoms with Crippen LogP contribution in [-0.4, -0.2) is 37.2 Å². The molecular weight excluding hydrogens is 192 g/mol. The normalized spacial score (nSPS) is 30.6. The Bertz CT molecular complexity index is 247. The Kier molecular flexibility index (Phi) is 2.98. The number of rotatable bonds is 1. The van der Waals surface area contributed by atoms with Gasteiger partial charge in [-0.15, -0.1) is 0 Å². The molecule has 4 heteroatoms. The van der Waals surface area contributed by atoms with E-state index in [0.29, 0.717) is 5.92 Å². The molecule has 15 heavy (non-hydrogen) atoms.